The molecule has 2 heterocycles. The van der Waals surface area contributed by atoms with Crippen molar-refractivity contribution in [2.75, 3.05) is 12.4 Å². The molecule has 0 unspecified atom stereocenters. The maximum absolute atomic E-state index is 11.2. The molecule has 0 saturated heterocycles. The van der Waals surface area contributed by atoms with Gasteiger partial charge in [-0.15, -0.1) is 0 Å². The summed E-state index contributed by atoms with van der Waals surface area (Å²) in [6.45, 7) is 0.494. The Morgan fingerprint density at radius 2 is 1.92 bits per heavy atom. The van der Waals surface area contributed by atoms with E-state index in [1.807, 2.05) is 24.3 Å². The predicted octanol–water partition coefficient (Wildman–Crippen LogP) is 3.59. The third-order valence-corrected chi connectivity index (χ3v) is 4.27. The number of urea groups is 1. The molecule has 0 bridgehead atoms. The maximum Gasteiger partial charge on any atom is 0.368 e. The van der Waals surface area contributed by atoms with E-state index in [0.29, 0.717) is 28.0 Å². The molecule has 0 aliphatic carbocycles. The normalized spacial score (nSPS) is 12.3. The second-order valence-corrected chi connectivity index (χ2v) is 6.09. The highest BCUT2D eigenvalue weighted by Gasteiger charge is 2.09. The van der Waals surface area contributed by atoms with Gasteiger partial charge < -0.3 is 14.5 Å². The quantitative estimate of drug-likeness (QED) is 0.747. The number of carbonyl (C=O) groups is 1. The molecule has 0 spiro atoms. The van der Waals surface area contributed by atoms with Crippen LogP contribution >= 0.6 is 11.6 Å². The number of carbonyl (C=O) groups excluding carboxylic acids is 1. The van der Waals surface area contributed by atoms with E-state index in [2.05, 4.69) is 15.3 Å². The van der Waals surface area contributed by atoms with Crippen LogP contribution in [0.25, 0.3) is 11.3 Å². The van der Waals surface area contributed by atoms with Crippen LogP contribution in [0.4, 0.5) is 10.5 Å². The van der Waals surface area contributed by atoms with Gasteiger partial charge in [-0.05, 0) is 48.5 Å². The van der Waals surface area contributed by atoms with Crippen molar-refractivity contribution in [2.45, 2.75) is 6.54 Å². The lowest BCUT2D eigenvalue weighted by Crippen LogP contribution is -2.21. The number of hydrogen-bond donors (Lipinski definition) is 1. The number of rotatable bonds is 5. The van der Waals surface area contributed by atoms with Gasteiger partial charge >= 0.3 is 6.03 Å². The summed E-state index contributed by atoms with van der Waals surface area (Å²) in [6, 6.07) is 14.2. The van der Waals surface area contributed by atoms with Crippen molar-refractivity contribution in [3.63, 3.8) is 0 Å². The van der Waals surface area contributed by atoms with Crippen LogP contribution in [0.1, 0.15) is 5.76 Å². The first-order valence-corrected chi connectivity index (χ1v) is 8.28. The van der Waals surface area contributed by atoms with Crippen LogP contribution in [0.5, 0.6) is 5.75 Å². The maximum atomic E-state index is 11.2. The summed E-state index contributed by atoms with van der Waals surface area (Å²) in [5.74, 6) is 2.11. The summed E-state index contributed by atoms with van der Waals surface area (Å²) in [5, 5.41) is 4.95. The van der Waals surface area contributed by atoms with Gasteiger partial charge in [0.2, 0.25) is 0 Å². The molecule has 3 aromatic rings. The van der Waals surface area contributed by atoms with Crippen LogP contribution in [0.3, 0.4) is 0 Å². The second kappa shape index (κ2) is 6.65. The van der Waals surface area contributed by atoms with Gasteiger partial charge in [-0.3, -0.25) is 0 Å². The van der Waals surface area contributed by atoms with Crippen molar-refractivity contribution in [1.82, 2.24) is 0 Å². The van der Waals surface area contributed by atoms with Crippen LogP contribution < -0.4 is 20.8 Å². The van der Waals surface area contributed by atoms with Gasteiger partial charge in [0.1, 0.15) is 17.3 Å². The molecule has 6 nitrogen and oxygen atoms in total. The molecular formula is C19H14ClN3O3. The monoisotopic (exact) mass is 367 g/mol. The van der Waals surface area contributed by atoms with E-state index in [0.717, 1.165) is 22.8 Å². The Balaban J connectivity index is 1.49. The highest BCUT2D eigenvalue weighted by molar-refractivity contribution is 6.32. The number of nitrogens with one attached hydrogen (secondary N) is 1. The molecular weight excluding hydrogens is 354 g/mol. The van der Waals surface area contributed by atoms with Gasteiger partial charge in [0.25, 0.3) is 0 Å². The minimum absolute atomic E-state index is 0.467. The summed E-state index contributed by atoms with van der Waals surface area (Å²) in [5.41, 5.74) is 1.71. The van der Waals surface area contributed by atoms with Crippen molar-refractivity contribution in [1.29, 1.82) is 0 Å². The number of methoxy groups -OCH3 is 1. The minimum atomic E-state index is -0.467. The Labute approximate surface area is 153 Å². The molecule has 0 atom stereocenters. The van der Waals surface area contributed by atoms with Gasteiger partial charge in [0.15, 0.2) is 0 Å². The predicted molar refractivity (Wildman–Crippen MR) is 97.2 cm³/mol. The molecule has 4 rings (SSSR count). The molecule has 1 aliphatic heterocycles. The Morgan fingerprint density at radius 3 is 2.73 bits per heavy atom. The first kappa shape index (κ1) is 16.4. The SMILES string of the molecule is COc1ccc(-c2ccc(CNc3ccc4c(c3)=NC(=O)N=4)o2)cc1Cl. The van der Waals surface area contributed by atoms with Gasteiger partial charge in [0, 0.05) is 11.3 Å². The fraction of sp³-hybridized carbons (Fsp3) is 0.105. The van der Waals surface area contributed by atoms with Gasteiger partial charge in [-0.1, -0.05) is 11.6 Å². The van der Waals surface area contributed by atoms with Gasteiger partial charge in [-0.2, -0.15) is 9.98 Å². The van der Waals surface area contributed by atoms with Crippen LogP contribution in [-0.4, -0.2) is 13.1 Å². The Kier molecular flexibility index (Phi) is 4.18. The zero-order chi connectivity index (χ0) is 18.1. The number of benzene rings is 2. The molecule has 0 fully saturated rings. The fourth-order valence-electron chi connectivity index (χ4n) is 2.69. The standard InChI is InChI=1S/C19H14ClN3O3/c1-25-18-6-2-11(8-14(18)20)17-7-4-13(26-17)10-21-12-3-5-15-16(9-12)23-19(24)22-15/h2-9,21H,10H2,1H3. The van der Waals surface area contributed by atoms with E-state index in [9.17, 15) is 4.79 Å². The van der Waals surface area contributed by atoms with Gasteiger partial charge in [0.05, 0.1) is 29.4 Å². The van der Waals surface area contributed by atoms with Crippen LogP contribution in [0.15, 0.2) is 62.9 Å². The Bertz CT molecular complexity index is 1120. The zero-order valence-corrected chi connectivity index (χ0v) is 14.6. The van der Waals surface area contributed by atoms with E-state index < -0.39 is 6.03 Å². The first-order chi connectivity index (χ1) is 12.6. The topological polar surface area (TPSA) is 76.2 Å². The third-order valence-electron chi connectivity index (χ3n) is 3.97. The van der Waals surface area contributed by atoms with Crippen molar-refractivity contribution < 1.29 is 13.9 Å². The number of nitrogens with zero attached hydrogens (tertiary/aromatic N) is 2. The smallest absolute Gasteiger partial charge is 0.368 e. The van der Waals surface area contributed by atoms with E-state index >= 15 is 0 Å². The number of furan rings is 1. The van der Waals surface area contributed by atoms with Crippen molar-refractivity contribution in [2.24, 2.45) is 9.98 Å². The third kappa shape index (κ3) is 3.19. The summed E-state index contributed by atoms with van der Waals surface area (Å²) < 4.78 is 11.0. The summed E-state index contributed by atoms with van der Waals surface area (Å²) >= 11 is 6.16. The summed E-state index contributed by atoms with van der Waals surface area (Å²) in [6.07, 6.45) is 0. The van der Waals surface area contributed by atoms with E-state index in [1.165, 1.54) is 0 Å². The lowest BCUT2D eigenvalue weighted by atomic mass is 10.2. The summed E-state index contributed by atoms with van der Waals surface area (Å²) in [4.78, 5) is 18.8. The highest BCUT2D eigenvalue weighted by Crippen LogP contribution is 2.31. The van der Waals surface area contributed by atoms with Crippen LogP contribution in [0.2, 0.25) is 5.02 Å². The number of anilines is 1. The molecule has 26 heavy (non-hydrogen) atoms. The first-order valence-electron chi connectivity index (χ1n) is 7.90. The number of hydrogen-bond acceptors (Lipinski definition) is 4. The van der Waals surface area contributed by atoms with Crippen molar-refractivity contribution >= 4 is 23.3 Å². The number of amides is 2. The Morgan fingerprint density at radius 1 is 1.08 bits per heavy atom. The van der Waals surface area contributed by atoms with Crippen molar-refractivity contribution in [3.05, 3.63) is 70.0 Å². The average molecular weight is 368 g/mol. The van der Waals surface area contributed by atoms with E-state index in [1.54, 1.807) is 31.4 Å². The largest absolute Gasteiger partial charge is 0.495 e. The molecule has 7 heteroatoms. The highest BCUT2D eigenvalue weighted by atomic mass is 35.5. The molecule has 130 valence electrons. The molecule has 0 radical (unpaired) electrons. The lowest BCUT2D eigenvalue weighted by molar-refractivity contribution is 0.256. The fourth-order valence-corrected chi connectivity index (χ4v) is 2.94. The molecule has 1 N–H and O–H groups in total. The summed E-state index contributed by atoms with van der Waals surface area (Å²) in [7, 11) is 1.58. The lowest BCUT2D eigenvalue weighted by Gasteiger charge is -2.05. The number of halogens is 1. The zero-order valence-electron chi connectivity index (χ0n) is 13.8. The average Bonchev–Trinajstić information content (AvgIpc) is 3.25. The minimum Gasteiger partial charge on any atom is -0.495 e. The number of ether oxygens (including phenoxy) is 1. The number of fused-ring (bicyclic) bond motifs is 1. The Hall–Kier alpha value is -3.12. The molecule has 2 aromatic carbocycles. The molecule has 1 aromatic heterocycles. The van der Waals surface area contributed by atoms with Crippen LogP contribution in [-0.2, 0) is 6.54 Å². The van der Waals surface area contributed by atoms with Crippen LogP contribution in [0, 0.1) is 0 Å². The van der Waals surface area contributed by atoms with E-state index in [4.69, 9.17) is 20.8 Å². The van der Waals surface area contributed by atoms with Gasteiger partial charge in [-0.25, -0.2) is 4.79 Å². The second-order valence-electron chi connectivity index (χ2n) is 5.68. The molecule has 0 saturated carbocycles. The molecule has 2 amide bonds. The molecule has 1 aliphatic rings. The van der Waals surface area contributed by atoms with Crippen molar-refractivity contribution in [3.8, 4) is 17.1 Å². The van der Waals surface area contributed by atoms with E-state index in [-0.39, 0.29) is 0 Å².